The van der Waals surface area contributed by atoms with Crippen molar-refractivity contribution in [3.63, 3.8) is 0 Å². The Labute approximate surface area is 121 Å². The summed E-state index contributed by atoms with van der Waals surface area (Å²) >= 11 is 6.14. The van der Waals surface area contributed by atoms with Gasteiger partial charge in [-0.2, -0.15) is 19.6 Å². The van der Waals surface area contributed by atoms with Crippen molar-refractivity contribution in [1.82, 2.24) is 19.6 Å². The predicted octanol–water partition coefficient (Wildman–Crippen LogP) is 3.39. The molecule has 2 aromatic heterocycles. The van der Waals surface area contributed by atoms with E-state index in [4.69, 9.17) is 11.6 Å². The van der Waals surface area contributed by atoms with Crippen molar-refractivity contribution >= 4 is 28.9 Å². The molecule has 6 heteroatoms. The van der Waals surface area contributed by atoms with Crippen molar-refractivity contribution in [2.45, 2.75) is 20.3 Å². The largest absolute Gasteiger partial charge is 0.340 e. The van der Waals surface area contributed by atoms with Gasteiger partial charge >= 0.3 is 0 Å². The molecule has 5 nitrogen and oxygen atoms in total. The number of nitrogens with zero attached hydrogens (tertiary/aromatic N) is 4. The van der Waals surface area contributed by atoms with E-state index < -0.39 is 0 Å². The molecule has 0 atom stereocenters. The maximum Gasteiger partial charge on any atom is 0.255 e. The minimum Gasteiger partial charge on any atom is -0.340 e. The van der Waals surface area contributed by atoms with Crippen LogP contribution < -0.4 is 5.32 Å². The number of benzene rings is 1. The second kappa shape index (κ2) is 5.09. The second-order valence-corrected chi connectivity index (χ2v) is 4.89. The van der Waals surface area contributed by atoms with E-state index in [2.05, 4.69) is 39.4 Å². The van der Waals surface area contributed by atoms with Crippen molar-refractivity contribution < 1.29 is 0 Å². The summed E-state index contributed by atoms with van der Waals surface area (Å²) in [5.41, 5.74) is 3.10. The van der Waals surface area contributed by atoms with Gasteiger partial charge in [0.25, 0.3) is 5.78 Å². The van der Waals surface area contributed by atoms with Gasteiger partial charge in [0.1, 0.15) is 17.3 Å². The number of nitrogens with one attached hydrogen (secondary N) is 1. The van der Waals surface area contributed by atoms with Gasteiger partial charge in [0, 0.05) is 11.3 Å². The van der Waals surface area contributed by atoms with E-state index in [1.807, 2.05) is 19.1 Å². The Kier molecular flexibility index (Phi) is 3.28. The lowest BCUT2D eigenvalue weighted by atomic mass is 10.1. The van der Waals surface area contributed by atoms with E-state index in [1.54, 1.807) is 4.52 Å². The molecule has 0 fully saturated rings. The van der Waals surface area contributed by atoms with Crippen LogP contribution in [0.15, 0.2) is 30.6 Å². The number of rotatable bonds is 3. The van der Waals surface area contributed by atoms with Crippen molar-refractivity contribution in [2.75, 3.05) is 5.32 Å². The summed E-state index contributed by atoms with van der Waals surface area (Å²) in [6, 6.07) is 8.24. The van der Waals surface area contributed by atoms with Gasteiger partial charge in [-0.15, -0.1) is 0 Å². The molecule has 0 aliphatic carbocycles. The molecule has 1 aromatic carbocycles. The fraction of sp³-hybridized carbons (Fsp3) is 0.214. The molecule has 1 N–H and O–H groups in total. The molecule has 2 heterocycles. The molecule has 0 spiro atoms. The number of halogens is 1. The molecule has 0 aliphatic heterocycles. The first-order valence-electron chi connectivity index (χ1n) is 6.41. The zero-order valence-corrected chi connectivity index (χ0v) is 12.0. The van der Waals surface area contributed by atoms with E-state index in [0.29, 0.717) is 10.9 Å². The van der Waals surface area contributed by atoms with Crippen molar-refractivity contribution in [2.24, 2.45) is 0 Å². The molecule has 0 aliphatic rings. The standard InChI is InChI=1S/C14H14ClN5/c1-3-10-5-4-6-11(7-10)18-13-9(2)12(15)19-14-16-8-17-20(13)14/h4-8,18H,3H2,1-2H3. The number of aryl methyl sites for hydroxylation is 1. The zero-order valence-electron chi connectivity index (χ0n) is 11.3. The van der Waals surface area contributed by atoms with Crippen LogP contribution in [0.3, 0.4) is 0 Å². The lowest BCUT2D eigenvalue weighted by Crippen LogP contribution is -2.05. The lowest BCUT2D eigenvalue weighted by molar-refractivity contribution is 0.936. The highest BCUT2D eigenvalue weighted by Gasteiger charge is 2.12. The molecule has 102 valence electrons. The normalized spacial score (nSPS) is 10.9. The fourth-order valence-corrected chi connectivity index (χ4v) is 2.22. The first kappa shape index (κ1) is 12.9. The molecule has 3 aromatic rings. The Hall–Kier alpha value is -2.14. The molecular formula is C14H14ClN5. The maximum absolute atomic E-state index is 6.14. The quantitative estimate of drug-likeness (QED) is 0.750. The average molecular weight is 288 g/mol. The Morgan fingerprint density at radius 1 is 1.35 bits per heavy atom. The summed E-state index contributed by atoms with van der Waals surface area (Å²) in [5, 5.41) is 7.96. The van der Waals surface area contributed by atoms with Crippen LogP contribution >= 0.6 is 11.6 Å². The number of anilines is 2. The summed E-state index contributed by atoms with van der Waals surface area (Å²) in [6.07, 6.45) is 2.45. The summed E-state index contributed by atoms with van der Waals surface area (Å²) in [5.74, 6) is 1.26. The van der Waals surface area contributed by atoms with Gasteiger partial charge in [-0.25, -0.2) is 0 Å². The van der Waals surface area contributed by atoms with Gasteiger partial charge in [-0.3, -0.25) is 0 Å². The van der Waals surface area contributed by atoms with E-state index in [0.717, 1.165) is 23.5 Å². The predicted molar refractivity (Wildman–Crippen MR) is 79.6 cm³/mol. The summed E-state index contributed by atoms with van der Waals surface area (Å²) in [7, 11) is 0. The van der Waals surface area contributed by atoms with Gasteiger partial charge in [0.15, 0.2) is 0 Å². The third-order valence-corrected chi connectivity index (χ3v) is 3.57. The smallest absolute Gasteiger partial charge is 0.255 e. The van der Waals surface area contributed by atoms with Crippen LogP contribution in [-0.4, -0.2) is 19.6 Å². The fourth-order valence-electron chi connectivity index (χ4n) is 2.05. The SMILES string of the molecule is CCc1cccc(Nc2c(C)c(Cl)nc3ncnn23)c1. The van der Waals surface area contributed by atoms with Crippen molar-refractivity contribution in [3.05, 3.63) is 46.9 Å². The van der Waals surface area contributed by atoms with E-state index >= 15 is 0 Å². The molecule has 0 saturated carbocycles. The highest BCUT2D eigenvalue weighted by atomic mass is 35.5. The summed E-state index contributed by atoms with van der Waals surface area (Å²) in [4.78, 5) is 8.26. The Morgan fingerprint density at radius 2 is 2.20 bits per heavy atom. The Balaban J connectivity index is 2.09. The van der Waals surface area contributed by atoms with Crippen LogP contribution in [0, 0.1) is 6.92 Å². The van der Waals surface area contributed by atoms with Crippen LogP contribution in [0.2, 0.25) is 5.15 Å². The number of aromatic nitrogens is 4. The minimum absolute atomic E-state index is 0.430. The number of fused-ring (bicyclic) bond motifs is 1. The molecule has 3 rings (SSSR count). The van der Waals surface area contributed by atoms with E-state index in [9.17, 15) is 0 Å². The Bertz CT molecular complexity index is 765. The highest BCUT2D eigenvalue weighted by molar-refractivity contribution is 6.30. The molecular weight excluding hydrogens is 274 g/mol. The van der Waals surface area contributed by atoms with Gasteiger partial charge in [-0.1, -0.05) is 30.7 Å². The third kappa shape index (κ3) is 2.20. The van der Waals surface area contributed by atoms with E-state index in [-0.39, 0.29) is 0 Å². The molecule has 0 bridgehead atoms. The third-order valence-electron chi connectivity index (χ3n) is 3.20. The van der Waals surface area contributed by atoms with Gasteiger partial charge in [0.05, 0.1) is 0 Å². The maximum atomic E-state index is 6.14. The zero-order chi connectivity index (χ0) is 14.1. The van der Waals surface area contributed by atoms with Gasteiger partial charge in [-0.05, 0) is 31.0 Å². The Morgan fingerprint density at radius 3 is 3.00 bits per heavy atom. The summed E-state index contributed by atoms with van der Waals surface area (Å²) < 4.78 is 1.65. The molecule has 0 saturated heterocycles. The van der Waals surface area contributed by atoms with Crippen LogP contribution in [-0.2, 0) is 6.42 Å². The molecule has 0 radical (unpaired) electrons. The topological polar surface area (TPSA) is 55.1 Å². The number of hydrogen-bond acceptors (Lipinski definition) is 4. The summed E-state index contributed by atoms with van der Waals surface area (Å²) in [6.45, 7) is 4.03. The second-order valence-electron chi connectivity index (χ2n) is 4.53. The monoisotopic (exact) mass is 287 g/mol. The molecule has 0 unspecified atom stereocenters. The highest BCUT2D eigenvalue weighted by Crippen LogP contribution is 2.25. The van der Waals surface area contributed by atoms with Gasteiger partial charge in [0.2, 0.25) is 0 Å². The van der Waals surface area contributed by atoms with E-state index in [1.165, 1.54) is 11.9 Å². The van der Waals surface area contributed by atoms with Crippen molar-refractivity contribution in [1.29, 1.82) is 0 Å². The average Bonchev–Trinajstić information content (AvgIpc) is 2.92. The van der Waals surface area contributed by atoms with Crippen LogP contribution in [0.1, 0.15) is 18.1 Å². The molecule has 20 heavy (non-hydrogen) atoms. The van der Waals surface area contributed by atoms with Crippen LogP contribution in [0.25, 0.3) is 5.78 Å². The van der Waals surface area contributed by atoms with Gasteiger partial charge < -0.3 is 5.32 Å². The number of hydrogen-bond donors (Lipinski definition) is 1. The minimum atomic E-state index is 0.430. The van der Waals surface area contributed by atoms with Crippen LogP contribution in [0.5, 0.6) is 0 Å². The lowest BCUT2D eigenvalue weighted by Gasteiger charge is -2.12. The first-order chi connectivity index (χ1) is 9.69. The molecule has 0 amide bonds. The van der Waals surface area contributed by atoms with Crippen molar-refractivity contribution in [3.8, 4) is 0 Å². The van der Waals surface area contributed by atoms with Crippen LogP contribution in [0.4, 0.5) is 11.5 Å². The first-order valence-corrected chi connectivity index (χ1v) is 6.78.